The highest BCUT2D eigenvalue weighted by Gasteiger charge is 2.28. The zero-order valence-corrected chi connectivity index (χ0v) is 15.7. The number of para-hydroxylation sites is 1. The molecule has 28 heavy (non-hydrogen) atoms. The van der Waals surface area contributed by atoms with E-state index in [1.807, 2.05) is 0 Å². The molecule has 2 aromatic rings. The number of benzene rings is 1. The summed E-state index contributed by atoms with van der Waals surface area (Å²) in [5.74, 6) is -0.366. The first-order valence-corrected chi connectivity index (χ1v) is 8.60. The minimum atomic E-state index is -4.43. The fourth-order valence-electron chi connectivity index (χ4n) is 2.85. The predicted octanol–water partition coefficient (Wildman–Crippen LogP) is 2.50. The van der Waals surface area contributed by atoms with Crippen molar-refractivity contribution in [3.63, 3.8) is 0 Å². The molecule has 1 saturated heterocycles. The van der Waals surface area contributed by atoms with Gasteiger partial charge in [-0.2, -0.15) is 13.2 Å². The molecule has 7 nitrogen and oxygen atoms in total. The smallest absolute Gasteiger partial charge is 0.422 e. The topological polar surface area (TPSA) is 81.1 Å². The number of alkyl halides is 3. The molecular weight excluding hydrogens is 399 g/mol. The molecule has 0 radical (unpaired) electrons. The van der Waals surface area contributed by atoms with Gasteiger partial charge < -0.3 is 15.4 Å². The van der Waals surface area contributed by atoms with E-state index in [0.717, 1.165) is 25.9 Å². The SMILES string of the molecule is Cl.O=C(NCc1ccccc1OCC(F)(F)F)c1cn(C2CCNCC2)nn1. The van der Waals surface area contributed by atoms with Crippen LogP contribution in [0.4, 0.5) is 13.2 Å². The summed E-state index contributed by atoms with van der Waals surface area (Å²) < 4.78 is 43.5. The first kappa shape index (κ1) is 22.0. The number of carbonyl (C=O) groups excluding carboxylic acids is 1. The fourth-order valence-corrected chi connectivity index (χ4v) is 2.85. The second-order valence-electron chi connectivity index (χ2n) is 6.26. The molecule has 0 bridgehead atoms. The van der Waals surface area contributed by atoms with E-state index >= 15 is 0 Å². The Morgan fingerprint density at radius 2 is 2.00 bits per heavy atom. The Morgan fingerprint density at radius 1 is 1.29 bits per heavy atom. The van der Waals surface area contributed by atoms with Crippen LogP contribution in [0.15, 0.2) is 30.5 Å². The number of carbonyl (C=O) groups is 1. The van der Waals surface area contributed by atoms with E-state index in [1.54, 1.807) is 29.1 Å². The summed E-state index contributed by atoms with van der Waals surface area (Å²) in [5.41, 5.74) is 0.614. The van der Waals surface area contributed by atoms with Crippen LogP contribution in [0, 0.1) is 0 Å². The molecule has 2 heterocycles. The van der Waals surface area contributed by atoms with E-state index in [9.17, 15) is 18.0 Å². The van der Waals surface area contributed by atoms with Gasteiger partial charge in [-0.3, -0.25) is 4.79 Å². The number of ether oxygens (including phenoxy) is 1. The third kappa shape index (κ3) is 6.10. The highest BCUT2D eigenvalue weighted by Crippen LogP contribution is 2.22. The zero-order chi connectivity index (χ0) is 19.3. The highest BCUT2D eigenvalue weighted by molar-refractivity contribution is 5.91. The van der Waals surface area contributed by atoms with Crippen molar-refractivity contribution >= 4 is 18.3 Å². The number of nitrogens with one attached hydrogen (secondary N) is 2. The average Bonchev–Trinajstić information content (AvgIpc) is 3.15. The first-order chi connectivity index (χ1) is 12.9. The molecule has 1 aliphatic heterocycles. The number of piperidine rings is 1. The molecule has 1 fully saturated rings. The Morgan fingerprint density at radius 3 is 2.71 bits per heavy atom. The van der Waals surface area contributed by atoms with Crippen molar-refractivity contribution in [3.8, 4) is 5.75 Å². The van der Waals surface area contributed by atoms with Gasteiger partial charge in [-0.25, -0.2) is 4.68 Å². The molecule has 0 spiro atoms. The molecule has 11 heteroatoms. The van der Waals surface area contributed by atoms with Gasteiger partial charge in [0.1, 0.15) is 5.75 Å². The van der Waals surface area contributed by atoms with Crippen LogP contribution in [0.25, 0.3) is 0 Å². The largest absolute Gasteiger partial charge is 0.484 e. The van der Waals surface area contributed by atoms with Crippen molar-refractivity contribution in [1.82, 2.24) is 25.6 Å². The fraction of sp³-hybridized carbons (Fsp3) is 0.471. The maximum atomic E-state index is 12.3. The predicted molar refractivity (Wildman–Crippen MR) is 97.6 cm³/mol. The van der Waals surface area contributed by atoms with E-state index in [0.29, 0.717) is 5.56 Å². The first-order valence-electron chi connectivity index (χ1n) is 8.60. The van der Waals surface area contributed by atoms with Crippen LogP contribution in [0.5, 0.6) is 5.75 Å². The van der Waals surface area contributed by atoms with Crippen molar-refractivity contribution in [2.75, 3.05) is 19.7 Å². The molecule has 3 rings (SSSR count). The number of nitrogens with zero attached hydrogens (tertiary/aromatic N) is 3. The Balaban J connectivity index is 0.00000280. The molecule has 2 N–H and O–H groups in total. The minimum Gasteiger partial charge on any atom is -0.484 e. The van der Waals surface area contributed by atoms with Crippen LogP contribution >= 0.6 is 12.4 Å². The molecule has 0 saturated carbocycles. The Kier molecular flexibility index (Phi) is 7.64. The van der Waals surface area contributed by atoms with E-state index in [-0.39, 0.29) is 36.4 Å². The number of hydrogen-bond donors (Lipinski definition) is 2. The normalized spacial score (nSPS) is 15.0. The Bertz CT molecular complexity index is 778. The summed E-state index contributed by atoms with van der Waals surface area (Å²) in [6, 6.07) is 6.46. The monoisotopic (exact) mass is 419 g/mol. The molecule has 0 aliphatic carbocycles. The second kappa shape index (κ2) is 9.74. The highest BCUT2D eigenvalue weighted by atomic mass is 35.5. The standard InChI is InChI=1S/C17H20F3N5O2.ClH/c18-17(19,20)11-27-15-4-2-1-3-12(15)9-22-16(26)14-10-25(24-23-14)13-5-7-21-8-6-13;/h1-4,10,13,21H,5-9,11H2,(H,22,26);1H. The van der Waals surface area contributed by atoms with Crippen molar-refractivity contribution < 1.29 is 22.7 Å². The summed E-state index contributed by atoms with van der Waals surface area (Å²) in [6.45, 7) is 0.414. The van der Waals surface area contributed by atoms with Crippen LogP contribution in [0.2, 0.25) is 0 Å². The van der Waals surface area contributed by atoms with Crippen LogP contribution in [0.3, 0.4) is 0 Å². The van der Waals surface area contributed by atoms with E-state index in [4.69, 9.17) is 4.74 Å². The van der Waals surface area contributed by atoms with Gasteiger partial charge >= 0.3 is 6.18 Å². The average molecular weight is 420 g/mol. The van der Waals surface area contributed by atoms with Crippen molar-refractivity contribution in [1.29, 1.82) is 0 Å². The van der Waals surface area contributed by atoms with E-state index in [2.05, 4.69) is 20.9 Å². The number of amides is 1. The lowest BCUT2D eigenvalue weighted by molar-refractivity contribution is -0.153. The van der Waals surface area contributed by atoms with Gasteiger partial charge in [0, 0.05) is 12.1 Å². The summed E-state index contributed by atoms with van der Waals surface area (Å²) in [4.78, 5) is 12.3. The maximum absolute atomic E-state index is 12.3. The van der Waals surface area contributed by atoms with Gasteiger partial charge in [-0.05, 0) is 32.0 Å². The Labute approximate surface area is 166 Å². The maximum Gasteiger partial charge on any atom is 0.422 e. The molecule has 0 unspecified atom stereocenters. The van der Waals surface area contributed by atoms with Gasteiger partial charge in [0.25, 0.3) is 5.91 Å². The third-order valence-corrected chi connectivity index (χ3v) is 4.23. The molecule has 1 aliphatic rings. The van der Waals surface area contributed by atoms with Crippen molar-refractivity contribution in [2.24, 2.45) is 0 Å². The molecular formula is C17H21ClF3N5O2. The second-order valence-corrected chi connectivity index (χ2v) is 6.26. The molecule has 1 aromatic heterocycles. The lowest BCUT2D eigenvalue weighted by Crippen LogP contribution is -2.29. The molecule has 0 atom stereocenters. The quantitative estimate of drug-likeness (QED) is 0.752. The number of aromatic nitrogens is 3. The van der Waals surface area contributed by atoms with E-state index < -0.39 is 18.7 Å². The number of rotatable bonds is 6. The summed E-state index contributed by atoms with van der Waals surface area (Å²) in [6.07, 6.45) is -1.01. The summed E-state index contributed by atoms with van der Waals surface area (Å²) in [5, 5.41) is 13.8. The van der Waals surface area contributed by atoms with Crippen LogP contribution in [-0.4, -0.2) is 46.8 Å². The summed E-state index contributed by atoms with van der Waals surface area (Å²) in [7, 11) is 0. The van der Waals surface area contributed by atoms with Crippen LogP contribution < -0.4 is 15.4 Å². The van der Waals surface area contributed by atoms with E-state index in [1.165, 1.54) is 6.07 Å². The van der Waals surface area contributed by atoms with Gasteiger partial charge in [0.15, 0.2) is 12.3 Å². The number of halogens is 4. The summed E-state index contributed by atoms with van der Waals surface area (Å²) >= 11 is 0. The van der Waals surface area contributed by atoms with Gasteiger partial charge in [-0.1, -0.05) is 23.4 Å². The number of hydrogen-bond acceptors (Lipinski definition) is 5. The minimum absolute atomic E-state index is 0. The lowest BCUT2D eigenvalue weighted by atomic mass is 10.1. The zero-order valence-electron chi connectivity index (χ0n) is 14.9. The molecule has 1 amide bonds. The van der Waals surface area contributed by atoms with Crippen molar-refractivity contribution in [3.05, 3.63) is 41.7 Å². The van der Waals surface area contributed by atoms with Crippen LogP contribution in [-0.2, 0) is 6.54 Å². The van der Waals surface area contributed by atoms with Gasteiger partial charge in [-0.15, -0.1) is 17.5 Å². The van der Waals surface area contributed by atoms with Crippen molar-refractivity contribution in [2.45, 2.75) is 31.6 Å². The Hall–Kier alpha value is -2.33. The van der Waals surface area contributed by atoms with Gasteiger partial charge in [0.05, 0.1) is 12.2 Å². The molecule has 154 valence electrons. The molecule has 1 aromatic carbocycles. The van der Waals surface area contributed by atoms with Gasteiger partial charge in [0.2, 0.25) is 0 Å². The third-order valence-electron chi connectivity index (χ3n) is 4.23. The lowest BCUT2D eigenvalue weighted by Gasteiger charge is -2.22. The van der Waals surface area contributed by atoms with Crippen LogP contribution in [0.1, 0.15) is 34.9 Å².